The first-order valence-electron chi connectivity index (χ1n) is 6.07. The van der Waals surface area contributed by atoms with Crippen LogP contribution in [0.1, 0.15) is 46.0 Å². The van der Waals surface area contributed by atoms with Crippen LogP contribution in [0, 0.1) is 5.41 Å². The summed E-state index contributed by atoms with van der Waals surface area (Å²) in [6.45, 7) is 6.55. The van der Waals surface area contributed by atoms with Gasteiger partial charge in [0, 0.05) is 12.6 Å². The molecule has 1 saturated carbocycles. The number of rotatable bonds is 6. The molecule has 0 radical (unpaired) electrons. The Kier molecular flexibility index (Phi) is 4.39. The molecule has 0 aromatic rings. The Labute approximate surface area is 88.8 Å². The van der Waals surface area contributed by atoms with Gasteiger partial charge < -0.3 is 10.6 Å². The summed E-state index contributed by atoms with van der Waals surface area (Å²) >= 11 is 0. The van der Waals surface area contributed by atoms with Crippen molar-refractivity contribution in [2.75, 3.05) is 20.1 Å². The Morgan fingerprint density at radius 1 is 1.29 bits per heavy atom. The van der Waals surface area contributed by atoms with Crippen LogP contribution in [0.3, 0.4) is 0 Å². The van der Waals surface area contributed by atoms with Gasteiger partial charge in [0.1, 0.15) is 0 Å². The van der Waals surface area contributed by atoms with E-state index in [0.29, 0.717) is 5.41 Å². The normalized spacial score (nSPS) is 18.6. The molecular weight excluding hydrogens is 172 g/mol. The van der Waals surface area contributed by atoms with Crippen LogP contribution in [0.2, 0.25) is 0 Å². The maximum atomic E-state index is 5.91. The minimum atomic E-state index is 0.365. The van der Waals surface area contributed by atoms with E-state index in [1.54, 1.807) is 0 Å². The molecule has 1 aliphatic rings. The van der Waals surface area contributed by atoms with Crippen molar-refractivity contribution in [3.8, 4) is 0 Å². The first-order chi connectivity index (χ1) is 6.67. The van der Waals surface area contributed by atoms with Gasteiger partial charge in [-0.2, -0.15) is 0 Å². The molecule has 0 aliphatic heterocycles. The molecule has 0 spiro atoms. The second-order valence-electron chi connectivity index (χ2n) is 4.91. The van der Waals surface area contributed by atoms with Crippen molar-refractivity contribution >= 4 is 0 Å². The first kappa shape index (κ1) is 12.0. The minimum Gasteiger partial charge on any atom is -0.330 e. The zero-order valence-corrected chi connectivity index (χ0v) is 10.1. The Hall–Kier alpha value is -0.0800. The lowest BCUT2D eigenvalue weighted by atomic mass is 9.80. The summed E-state index contributed by atoms with van der Waals surface area (Å²) in [5.41, 5.74) is 6.28. The van der Waals surface area contributed by atoms with Crippen LogP contribution >= 0.6 is 0 Å². The van der Waals surface area contributed by atoms with Crippen LogP contribution in [-0.4, -0.2) is 31.1 Å². The van der Waals surface area contributed by atoms with Gasteiger partial charge in [-0.3, -0.25) is 0 Å². The Balaban J connectivity index is 2.44. The van der Waals surface area contributed by atoms with E-state index in [4.69, 9.17) is 5.73 Å². The molecule has 14 heavy (non-hydrogen) atoms. The van der Waals surface area contributed by atoms with E-state index in [0.717, 1.165) is 12.6 Å². The summed E-state index contributed by atoms with van der Waals surface area (Å²) in [6.07, 6.45) is 6.62. The lowest BCUT2D eigenvalue weighted by Crippen LogP contribution is -2.46. The van der Waals surface area contributed by atoms with Crippen molar-refractivity contribution < 1.29 is 0 Å². The molecular formula is C12H26N2. The number of hydrogen-bond donors (Lipinski definition) is 1. The third-order valence-electron chi connectivity index (χ3n) is 4.22. The molecule has 0 atom stereocenters. The SMILES string of the molecule is CCC(CC)(CN)CN(C)C1CCC1. The van der Waals surface area contributed by atoms with Gasteiger partial charge in [0.05, 0.1) is 0 Å². The van der Waals surface area contributed by atoms with E-state index in [9.17, 15) is 0 Å². The van der Waals surface area contributed by atoms with Gasteiger partial charge >= 0.3 is 0 Å². The molecule has 0 aromatic carbocycles. The molecule has 0 aromatic heterocycles. The predicted octanol–water partition coefficient (Wildman–Crippen LogP) is 2.24. The van der Waals surface area contributed by atoms with Crippen LogP contribution in [0.25, 0.3) is 0 Å². The molecule has 84 valence electrons. The first-order valence-corrected chi connectivity index (χ1v) is 6.07. The molecule has 1 fully saturated rings. The largest absolute Gasteiger partial charge is 0.330 e. The van der Waals surface area contributed by atoms with Crippen LogP contribution < -0.4 is 5.73 Å². The van der Waals surface area contributed by atoms with Crippen LogP contribution in [-0.2, 0) is 0 Å². The van der Waals surface area contributed by atoms with Gasteiger partial charge in [-0.1, -0.05) is 20.3 Å². The third-order valence-corrected chi connectivity index (χ3v) is 4.22. The Morgan fingerprint density at radius 3 is 2.14 bits per heavy atom. The maximum absolute atomic E-state index is 5.91. The fourth-order valence-corrected chi connectivity index (χ4v) is 2.31. The Morgan fingerprint density at radius 2 is 1.86 bits per heavy atom. The van der Waals surface area contributed by atoms with Gasteiger partial charge in [0.15, 0.2) is 0 Å². The van der Waals surface area contributed by atoms with Gasteiger partial charge in [0.2, 0.25) is 0 Å². The van der Waals surface area contributed by atoms with E-state index in [1.165, 1.54) is 38.6 Å². The second-order valence-corrected chi connectivity index (χ2v) is 4.91. The van der Waals surface area contributed by atoms with Crippen LogP contribution in [0.15, 0.2) is 0 Å². The lowest BCUT2D eigenvalue weighted by Gasteiger charge is -2.41. The maximum Gasteiger partial charge on any atom is 0.00924 e. The molecule has 0 amide bonds. The summed E-state index contributed by atoms with van der Waals surface area (Å²) in [5.74, 6) is 0. The van der Waals surface area contributed by atoms with Crippen molar-refractivity contribution in [3.63, 3.8) is 0 Å². The zero-order valence-electron chi connectivity index (χ0n) is 10.1. The third kappa shape index (κ3) is 2.48. The van der Waals surface area contributed by atoms with E-state index >= 15 is 0 Å². The number of hydrogen-bond acceptors (Lipinski definition) is 2. The molecule has 2 nitrogen and oxygen atoms in total. The highest BCUT2D eigenvalue weighted by molar-refractivity contribution is 4.85. The highest BCUT2D eigenvalue weighted by atomic mass is 15.1. The monoisotopic (exact) mass is 198 g/mol. The highest BCUT2D eigenvalue weighted by Gasteiger charge is 2.30. The molecule has 0 bridgehead atoms. The van der Waals surface area contributed by atoms with Crippen molar-refractivity contribution in [3.05, 3.63) is 0 Å². The lowest BCUT2D eigenvalue weighted by molar-refractivity contribution is 0.0906. The second kappa shape index (κ2) is 5.13. The Bertz CT molecular complexity index is 151. The number of nitrogens with zero attached hydrogens (tertiary/aromatic N) is 1. The molecule has 1 aliphatic carbocycles. The van der Waals surface area contributed by atoms with E-state index in [2.05, 4.69) is 25.8 Å². The average molecular weight is 198 g/mol. The fraction of sp³-hybridized carbons (Fsp3) is 1.00. The zero-order chi connectivity index (χ0) is 10.6. The van der Waals surface area contributed by atoms with Gasteiger partial charge in [0.25, 0.3) is 0 Å². The molecule has 0 heterocycles. The summed E-state index contributed by atoms with van der Waals surface area (Å²) in [7, 11) is 2.26. The standard InChI is InChI=1S/C12H26N2/c1-4-12(5-2,9-13)10-14(3)11-7-6-8-11/h11H,4-10,13H2,1-3H3. The summed E-state index contributed by atoms with van der Waals surface area (Å²) in [6, 6.07) is 0.846. The fourth-order valence-electron chi connectivity index (χ4n) is 2.31. The van der Waals surface area contributed by atoms with E-state index < -0.39 is 0 Å². The molecule has 2 heteroatoms. The molecule has 0 saturated heterocycles. The van der Waals surface area contributed by atoms with E-state index in [1.807, 2.05) is 0 Å². The minimum absolute atomic E-state index is 0.365. The van der Waals surface area contributed by atoms with Gasteiger partial charge in [-0.25, -0.2) is 0 Å². The van der Waals surface area contributed by atoms with E-state index in [-0.39, 0.29) is 0 Å². The summed E-state index contributed by atoms with van der Waals surface area (Å²) in [4.78, 5) is 2.53. The number of nitrogens with two attached hydrogens (primary N) is 1. The predicted molar refractivity (Wildman–Crippen MR) is 62.3 cm³/mol. The van der Waals surface area contributed by atoms with Gasteiger partial charge in [-0.05, 0) is 44.7 Å². The average Bonchev–Trinajstić information content (AvgIpc) is 2.11. The van der Waals surface area contributed by atoms with Crippen molar-refractivity contribution in [1.29, 1.82) is 0 Å². The molecule has 2 N–H and O–H groups in total. The topological polar surface area (TPSA) is 29.3 Å². The van der Waals surface area contributed by atoms with Crippen LogP contribution in [0.4, 0.5) is 0 Å². The van der Waals surface area contributed by atoms with Crippen molar-refractivity contribution in [1.82, 2.24) is 4.90 Å². The molecule has 0 unspecified atom stereocenters. The smallest absolute Gasteiger partial charge is 0.00924 e. The quantitative estimate of drug-likeness (QED) is 0.709. The highest BCUT2D eigenvalue weighted by Crippen LogP contribution is 2.30. The summed E-state index contributed by atoms with van der Waals surface area (Å²) < 4.78 is 0. The van der Waals surface area contributed by atoms with Crippen LogP contribution in [0.5, 0.6) is 0 Å². The van der Waals surface area contributed by atoms with Crippen molar-refractivity contribution in [2.45, 2.75) is 52.0 Å². The summed E-state index contributed by atoms with van der Waals surface area (Å²) in [5, 5.41) is 0. The van der Waals surface area contributed by atoms with Crippen molar-refractivity contribution in [2.24, 2.45) is 11.1 Å². The molecule has 1 rings (SSSR count). The van der Waals surface area contributed by atoms with Gasteiger partial charge in [-0.15, -0.1) is 0 Å².